The van der Waals surface area contributed by atoms with E-state index in [4.69, 9.17) is 0 Å². The van der Waals surface area contributed by atoms with Gasteiger partial charge in [-0.15, -0.1) is 0 Å². The second kappa shape index (κ2) is 3.69. The average Bonchev–Trinajstić information content (AvgIpc) is 1.96. The zero-order chi connectivity index (χ0) is 9.14. The fourth-order valence-electron chi connectivity index (χ4n) is 1.43. The third-order valence-electron chi connectivity index (χ3n) is 1.86. The molecule has 62 valence electrons. The second-order valence-electron chi connectivity index (χ2n) is 3.01. The molecular weight excluding hydrogens is 164 g/mol. The summed E-state index contributed by atoms with van der Waals surface area (Å²) in [5.74, 6) is 2.99. The number of aryl methyl sites for hydroxylation is 3. The van der Waals surface area contributed by atoms with E-state index in [9.17, 15) is 0 Å². The van der Waals surface area contributed by atoms with Crippen LogP contribution in [0.4, 0.5) is 0 Å². The van der Waals surface area contributed by atoms with Crippen molar-refractivity contribution < 1.29 is 0 Å². The molecule has 0 nitrogen and oxygen atoms in total. The zero-order valence-electron chi connectivity index (χ0n) is 7.60. The molecule has 1 aromatic carbocycles. The van der Waals surface area contributed by atoms with Crippen molar-refractivity contribution in [1.82, 2.24) is 0 Å². The minimum absolute atomic E-state index is 1.11. The molecule has 0 bridgehead atoms. The Morgan fingerprint density at radius 3 is 2.00 bits per heavy atom. The molecule has 0 aliphatic rings. The molecule has 0 atom stereocenters. The van der Waals surface area contributed by atoms with Gasteiger partial charge in [-0.2, -0.15) is 0 Å². The molecule has 0 unspecified atom stereocenters. The van der Waals surface area contributed by atoms with Crippen LogP contribution in [0.15, 0.2) is 12.1 Å². The number of thiol groups is 1. The molecule has 0 radical (unpaired) electrons. The van der Waals surface area contributed by atoms with E-state index in [1.807, 2.05) is 0 Å². The van der Waals surface area contributed by atoms with Crippen LogP contribution in [0.1, 0.15) is 22.3 Å². The summed E-state index contributed by atoms with van der Waals surface area (Å²) < 4.78 is 0. The van der Waals surface area contributed by atoms with Crippen molar-refractivity contribution >= 4 is 12.6 Å². The number of hydrogen-bond acceptors (Lipinski definition) is 1. The van der Waals surface area contributed by atoms with Crippen LogP contribution in [-0.2, 0) is 0 Å². The summed E-state index contributed by atoms with van der Waals surface area (Å²) in [4.78, 5) is 0. The van der Waals surface area contributed by atoms with Crippen LogP contribution in [0.5, 0.6) is 0 Å². The smallest absolute Gasteiger partial charge is 0.0312 e. The van der Waals surface area contributed by atoms with Crippen LogP contribution in [0.3, 0.4) is 0 Å². The standard InChI is InChI=1S/C11H12S/c1-8-6-9(2)11(4-5-12)10(3)7-8/h6-7,12H,1-3H3. The SMILES string of the molecule is Cc1cc(C)c(C#CS)c(C)c1. The molecule has 0 aromatic heterocycles. The van der Waals surface area contributed by atoms with Crippen molar-refractivity contribution in [2.45, 2.75) is 20.8 Å². The molecule has 0 aliphatic carbocycles. The molecule has 0 aliphatic heterocycles. The molecule has 0 saturated carbocycles. The third-order valence-corrected chi connectivity index (χ3v) is 1.97. The maximum Gasteiger partial charge on any atom is 0.0312 e. The lowest BCUT2D eigenvalue weighted by Crippen LogP contribution is -1.88. The van der Waals surface area contributed by atoms with E-state index >= 15 is 0 Å². The van der Waals surface area contributed by atoms with Crippen molar-refractivity contribution in [2.24, 2.45) is 0 Å². The van der Waals surface area contributed by atoms with Crippen molar-refractivity contribution in [3.63, 3.8) is 0 Å². The number of hydrogen-bond donors (Lipinski definition) is 1. The summed E-state index contributed by atoms with van der Waals surface area (Å²) in [5, 5.41) is 2.63. The van der Waals surface area contributed by atoms with Crippen LogP contribution >= 0.6 is 12.6 Å². The monoisotopic (exact) mass is 176 g/mol. The largest absolute Gasteiger partial charge is 0.0918 e. The molecule has 0 spiro atoms. The highest BCUT2D eigenvalue weighted by Gasteiger charge is 1.99. The van der Waals surface area contributed by atoms with Gasteiger partial charge in [0.1, 0.15) is 0 Å². The Kier molecular flexibility index (Phi) is 2.83. The van der Waals surface area contributed by atoms with Crippen LogP contribution in [0.25, 0.3) is 0 Å². The fourth-order valence-corrected chi connectivity index (χ4v) is 1.54. The molecule has 0 N–H and O–H groups in total. The van der Waals surface area contributed by atoms with Gasteiger partial charge in [0.2, 0.25) is 0 Å². The molecule has 0 heterocycles. The molecule has 1 heteroatoms. The Labute approximate surface area is 79.4 Å². The molecular formula is C11H12S. The van der Waals surface area contributed by atoms with Crippen LogP contribution in [0.2, 0.25) is 0 Å². The first-order chi connectivity index (χ1) is 5.65. The summed E-state index contributed by atoms with van der Waals surface area (Å²) in [6.07, 6.45) is 0. The molecule has 1 aromatic rings. The van der Waals surface area contributed by atoms with Crippen molar-refractivity contribution in [3.8, 4) is 11.2 Å². The van der Waals surface area contributed by atoms with E-state index in [1.165, 1.54) is 16.7 Å². The highest BCUT2D eigenvalue weighted by atomic mass is 32.1. The Morgan fingerprint density at radius 2 is 1.58 bits per heavy atom. The van der Waals surface area contributed by atoms with E-state index in [-0.39, 0.29) is 0 Å². The first-order valence-corrected chi connectivity index (χ1v) is 4.33. The third kappa shape index (κ3) is 1.84. The lowest BCUT2D eigenvalue weighted by Gasteiger charge is -2.04. The normalized spacial score (nSPS) is 9.00. The lowest BCUT2D eigenvalue weighted by molar-refractivity contribution is 1.30. The van der Waals surface area contributed by atoms with Gasteiger partial charge in [0.15, 0.2) is 0 Å². The van der Waals surface area contributed by atoms with E-state index < -0.39 is 0 Å². The maximum absolute atomic E-state index is 3.89. The Balaban J connectivity index is 3.34. The summed E-state index contributed by atoms with van der Waals surface area (Å²) in [6.45, 7) is 6.25. The van der Waals surface area contributed by atoms with E-state index in [2.05, 4.69) is 56.7 Å². The predicted molar refractivity (Wildman–Crippen MR) is 56.5 cm³/mol. The Hall–Kier alpha value is -0.870. The highest BCUT2D eigenvalue weighted by Crippen LogP contribution is 2.14. The predicted octanol–water partition coefficient (Wildman–Crippen LogP) is 2.85. The van der Waals surface area contributed by atoms with Crippen LogP contribution < -0.4 is 0 Å². The summed E-state index contributed by atoms with van der Waals surface area (Å²) in [5.41, 5.74) is 4.86. The lowest BCUT2D eigenvalue weighted by atomic mass is 10.0. The molecule has 1 rings (SSSR count). The van der Waals surface area contributed by atoms with Crippen molar-refractivity contribution in [3.05, 3.63) is 34.4 Å². The Bertz CT molecular complexity index is 330. The van der Waals surface area contributed by atoms with E-state index in [0.29, 0.717) is 0 Å². The van der Waals surface area contributed by atoms with Gasteiger partial charge in [-0.25, -0.2) is 0 Å². The Morgan fingerprint density at radius 1 is 1.08 bits per heavy atom. The summed E-state index contributed by atoms with van der Waals surface area (Å²) in [6, 6.07) is 4.28. The van der Waals surface area contributed by atoms with Crippen molar-refractivity contribution in [1.29, 1.82) is 0 Å². The first kappa shape index (κ1) is 9.22. The quantitative estimate of drug-likeness (QED) is 0.456. The van der Waals surface area contributed by atoms with Gasteiger partial charge in [0.05, 0.1) is 0 Å². The highest BCUT2D eigenvalue weighted by molar-refractivity contribution is 7.85. The molecule has 0 fully saturated rings. The minimum Gasteiger partial charge on any atom is -0.0918 e. The average molecular weight is 176 g/mol. The van der Waals surface area contributed by atoms with Gasteiger partial charge in [-0.05, 0) is 37.2 Å². The molecule has 0 saturated heterocycles. The maximum atomic E-state index is 3.89. The topological polar surface area (TPSA) is 0 Å². The summed E-state index contributed by atoms with van der Waals surface area (Å²) in [7, 11) is 0. The minimum atomic E-state index is 1.11. The summed E-state index contributed by atoms with van der Waals surface area (Å²) >= 11 is 3.89. The van der Waals surface area contributed by atoms with Crippen molar-refractivity contribution in [2.75, 3.05) is 0 Å². The van der Waals surface area contributed by atoms with Gasteiger partial charge in [0.25, 0.3) is 0 Å². The van der Waals surface area contributed by atoms with Gasteiger partial charge in [-0.3, -0.25) is 0 Å². The zero-order valence-corrected chi connectivity index (χ0v) is 8.50. The second-order valence-corrected chi connectivity index (χ2v) is 3.23. The van der Waals surface area contributed by atoms with E-state index in [0.717, 1.165) is 5.56 Å². The fraction of sp³-hybridized carbons (Fsp3) is 0.273. The van der Waals surface area contributed by atoms with Crippen LogP contribution in [-0.4, -0.2) is 0 Å². The number of rotatable bonds is 0. The molecule has 0 amide bonds. The van der Waals surface area contributed by atoms with Gasteiger partial charge in [0, 0.05) is 5.56 Å². The first-order valence-electron chi connectivity index (χ1n) is 3.88. The van der Waals surface area contributed by atoms with Crippen LogP contribution in [0, 0.1) is 31.9 Å². The van der Waals surface area contributed by atoms with Gasteiger partial charge >= 0.3 is 0 Å². The molecule has 12 heavy (non-hydrogen) atoms. The van der Waals surface area contributed by atoms with E-state index in [1.54, 1.807) is 0 Å². The van der Waals surface area contributed by atoms with Gasteiger partial charge < -0.3 is 0 Å². The number of benzene rings is 1. The van der Waals surface area contributed by atoms with Gasteiger partial charge in [-0.1, -0.05) is 36.2 Å².